The second kappa shape index (κ2) is 34.3. The van der Waals surface area contributed by atoms with Crippen molar-refractivity contribution in [2.45, 2.75) is 387 Å². The maximum atomic E-state index is 16.7. The maximum Gasteiger partial charge on any atom is 0.193 e. The van der Waals surface area contributed by atoms with E-state index in [4.69, 9.17) is 55.3 Å². The molecule has 15 nitrogen and oxygen atoms in total. The van der Waals surface area contributed by atoms with Crippen LogP contribution >= 0.6 is 22.6 Å². The first-order valence-corrected chi connectivity index (χ1v) is 55.1. The van der Waals surface area contributed by atoms with Gasteiger partial charge in [-0.25, -0.2) is 4.21 Å². The lowest BCUT2D eigenvalue weighted by Gasteiger charge is -2.56. The van der Waals surface area contributed by atoms with Crippen LogP contribution in [0.5, 0.6) is 0 Å². The van der Waals surface area contributed by atoms with Crippen LogP contribution in [0.3, 0.4) is 0 Å². The highest BCUT2D eigenvalue weighted by Crippen LogP contribution is 2.51. The van der Waals surface area contributed by atoms with Gasteiger partial charge in [0.1, 0.15) is 30.2 Å². The maximum absolute atomic E-state index is 16.7. The van der Waals surface area contributed by atoms with Gasteiger partial charge in [0, 0.05) is 25.7 Å². The third-order valence-corrected chi connectivity index (χ3v) is 49.1. The zero-order chi connectivity index (χ0) is 75.8. The molecule has 6 fully saturated rings. The molecule has 6 aliphatic heterocycles. The summed E-state index contributed by atoms with van der Waals surface area (Å²) in [4.78, 5) is 17.0. The van der Waals surface area contributed by atoms with E-state index in [2.05, 4.69) is 225 Å². The fourth-order valence-corrected chi connectivity index (χ4v) is 21.0. The first-order chi connectivity index (χ1) is 46.3. The second-order valence-electron chi connectivity index (χ2n) is 38.2. The minimum absolute atomic E-state index is 0.0109. The van der Waals surface area contributed by atoms with Gasteiger partial charge in [-0.05, 0) is 205 Å². The van der Waals surface area contributed by atoms with E-state index in [0.29, 0.717) is 70.3 Å². The van der Waals surface area contributed by atoms with E-state index in [1.807, 2.05) is 10.1 Å². The van der Waals surface area contributed by atoms with Gasteiger partial charge in [0.15, 0.2) is 59.0 Å². The van der Waals surface area contributed by atoms with E-state index in [1.54, 1.807) is 12.1 Å². The van der Waals surface area contributed by atoms with Gasteiger partial charge in [0.25, 0.3) is 0 Å². The van der Waals surface area contributed by atoms with Gasteiger partial charge >= 0.3 is 0 Å². The van der Waals surface area contributed by atoms with Gasteiger partial charge in [-0.1, -0.05) is 159 Å². The number of carbonyl (C=O) groups excluding carboxylic acids is 1. The van der Waals surface area contributed by atoms with Crippen LogP contribution in [-0.4, -0.2) is 168 Å². The van der Waals surface area contributed by atoms with Crippen molar-refractivity contribution in [2.24, 2.45) is 5.92 Å². The molecular formula is C79H139IO15SSi5. The van der Waals surface area contributed by atoms with Crippen molar-refractivity contribution < 1.29 is 68.8 Å². The van der Waals surface area contributed by atoms with Crippen molar-refractivity contribution in [1.29, 1.82) is 0 Å². The van der Waals surface area contributed by atoms with Crippen molar-refractivity contribution in [2.75, 3.05) is 19.8 Å². The number of hydrogen-bond acceptors (Lipinski definition) is 14. The molecule has 578 valence electrons. The Balaban J connectivity index is 1.30. The monoisotopic (exact) mass is 1630 g/mol. The summed E-state index contributed by atoms with van der Waals surface area (Å²) >= 11 is -0.0219. The number of ether oxygens (including phenoxy) is 7. The summed E-state index contributed by atoms with van der Waals surface area (Å²) in [7, 11) is -12.3. The first-order valence-electron chi connectivity index (χ1n) is 38.2. The number of halogens is 1. The molecule has 0 radical (unpaired) electrons. The van der Waals surface area contributed by atoms with E-state index < -0.39 is 114 Å². The molecule has 1 N–H and O–H groups in total. The number of hydrogen-bond donors (Lipinski definition) is 1. The summed E-state index contributed by atoms with van der Waals surface area (Å²) in [5, 5.41) is -0.535. The Morgan fingerprint density at radius 1 is 0.673 bits per heavy atom. The van der Waals surface area contributed by atoms with Crippen molar-refractivity contribution >= 4 is 81.0 Å². The highest BCUT2D eigenvalue weighted by Gasteiger charge is 2.59. The molecule has 0 amide bonds. The predicted molar refractivity (Wildman–Crippen MR) is 433 cm³/mol. The number of Topliss-reactive ketones (excluding diaryl/α,β-unsaturated/α-hetero) is 1. The molecule has 0 aromatic heterocycles. The lowest BCUT2D eigenvalue weighted by Crippen LogP contribution is -2.69. The Morgan fingerprint density at radius 3 is 1.79 bits per heavy atom. The Labute approximate surface area is 634 Å². The largest absolute Gasteiger partial charge is 0.414 e. The highest BCUT2D eigenvalue weighted by molar-refractivity contribution is 14.1. The summed E-state index contributed by atoms with van der Waals surface area (Å²) in [6.45, 7) is 74.6. The molecule has 101 heavy (non-hydrogen) atoms. The molecule has 17 atom stereocenters. The topological polar surface area (TPSA) is 165 Å². The molecule has 6 aliphatic rings. The van der Waals surface area contributed by atoms with Crippen molar-refractivity contribution in [3.05, 3.63) is 75.9 Å². The number of rotatable bonds is 30. The van der Waals surface area contributed by atoms with Crippen LogP contribution in [0.25, 0.3) is 0 Å². The molecule has 0 aliphatic carbocycles. The first kappa shape index (κ1) is 87.5. The summed E-state index contributed by atoms with van der Waals surface area (Å²) in [5.41, 5.74) is 4.56. The molecule has 0 spiro atoms. The molecule has 6 heterocycles. The fraction of sp³-hybridized carbons (Fsp3) is 0.810. The van der Waals surface area contributed by atoms with Gasteiger partial charge in [-0.15, -0.1) is 0 Å². The Hall–Kier alpha value is -0.706. The quantitative estimate of drug-likeness (QED) is 0.0334. The molecule has 7 unspecified atom stereocenters. The summed E-state index contributed by atoms with van der Waals surface area (Å²) in [5.74, 6) is -1.12. The lowest BCUT2D eigenvalue weighted by molar-refractivity contribution is -0.268. The normalized spacial score (nSPS) is 29.6. The molecular weight excluding hydrogens is 1490 g/mol. The minimum Gasteiger partial charge on any atom is -0.414 e. The zero-order valence-corrected chi connectivity index (χ0v) is 75.6. The zero-order valence-electron chi connectivity index (χ0n) is 67.6. The summed E-state index contributed by atoms with van der Waals surface area (Å²) in [6.07, 6.45) is 4.57. The molecule has 6 saturated heterocycles. The van der Waals surface area contributed by atoms with Gasteiger partial charge in [-0.2, -0.15) is 0 Å². The molecule has 0 bridgehead atoms. The second-order valence-corrected chi connectivity index (χ2v) is 63.7. The number of fused-ring (bicyclic) bond motifs is 1. The number of ketones is 1. The molecule has 7 rings (SSSR count). The van der Waals surface area contributed by atoms with Crippen molar-refractivity contribution in [1.82, 2.24) is 0 Å². The average Bonchev–Trinajstić information content (AvgIpc) is 1.29. The smallest absolute Gasteiger partial charge is 0.193 e. The predicted octanol–water partition coefficient (Wildman–Crippen LogP) is 20.2. The van der Waals surface area contributed by atoms with E-state index in [9.17, 15) is 8.76 Å². The molecule has 1 aromatic carbocycles. The van der Waals surface area contributed by atoms with Crippen LogP contribution in [0.15, 0.2) is 69.7 Å². The van der Waals surface area contributed by atoms with Crippen molar-refractivity contribution in [3.63, 3.8) is 0 Å². The highest BCUT2D eigenvalue weighted by atomic mass is 127. The van der Waals surface area contributed by atoms with Crippen LogP contribution in [0.4, 0.5) is 0 Å². The standard InChI is InChI=1S/C79H139IO15SSi5/c1-30-54-31-34-60(96(82)83)48-61(54)70(64-36-37-65-71(90-64)73(94-100(26,27)78(14,15)16)74(95-101(28,29)79(17,18)19)72(91-65)66(39-40-80)93-99(24,25)77(11,12)13)62(81)46-55-45-58(47-59(92-98(22,23)76(8,9)10)50-86-97(20,21)75(5,6)7)89-68(55)49-67-53(4)51(2)43-56(88-67)32-35-63-52(3)44-57(87-63)33-38-69-84-41-42-85-69/h31,34,39-40,48,55-59,63-74H,2-4,30,32-33,35-38,41-47,49-50H2,1,5-29H3,(H,82,83)/b40-39+/t55-,56-,57-,58-,59-,63-,64+,65-,66?,67+,68-,70?,71?,72?,73?,74?/m0/s1. The Kier molecular flexibility index (Phi) is 29.7. The third kappa shape index (κ3) is 22.1. The fourth-order valence-electron chi connectivity index (χ4n) is 13.9. The van der Waals surface area contributed by atoms with E-state index in [-0.39, 0.29) is 85.0 Å². The molecule has 1 aromatic rings. The van der Waals surface area contributed by atoms with Crippen LogP contribution in [0, 0.1) is 5.92 Å². The van der Waals surface area contributed by atoms with Crippen LogP contribution in [0.1, 0.15) is 205 Å². The Morgan fingerprint density at radius 2 is 1.23 bits per heavy atom. The van der Waals surface area contributed by atoms with Crippen LogP contribution in [0.2, 0.25) is 90.7 Å². The third-order valence-electron chi connectivity index (χ3n) is 25.5. The number of carbonyl (C=O) groups is 1. The number of benzene rings is 1. The van der Waals surface area contributed by atoms with Crippen molar-refractivity contribution in [3.8, 4) is 0 Å². The summed E-state index contributed by atoms with van der Waals surface area (Å²) in [6, 6.07) is 5.43. The molecule has 0 saturated carbocycles. The van der Waals surface area contributed by atoms with E-state index in [1.165, 1.54) is 0 Å². The molecule has 22 heteroatoms. The summed E-state index contributed by atoms with van der Waals surface area (Å²) < 4.78 is 112. The SMILES string of the molecule is C=C1C[C@H](CC[C@@H]2O[C@@H](CCC3OCCO3)CC2=C)O[C@H](C[C@@H]2O[C@H](C[C@@H](CO[Si](C)(C)C(C)(C)C)O[Si](C)(C)C(C)(C)C)C[C@H]2CC(=O)C(c2cc(S(=O)O)ccc2CC)[C@H]2CC[C@@H]3OC(C(/C=C/I)O[Si](C)(C)C(C)(C)C)C(O[Si](C)(C)C(C)(C)C)C(O[Si](C)(C)C(C)(C)C)C3O2)C1=C. The van der Waals surface area contributed by atoms with Gasteiger partial charge in [-0.3, -0.25) is 4.79 Å². The average molecular weight is 1630 g/mol. The van der Waals surface area contributed by atoms with Crippen LogP contribution in [-0.2, 0) is 77.6 Å². The van der Waals surface area contributed by atoms with Gasteiger partial charge in [0.05, 0.1) is 91.7 Å². The van der Waals surface area contributed by atoms with Gasteiger partial charge in [0.2, 0.25) is 0 Å². The van der Waals surface area contributed by atoms with Crippen LogP contribution < -0.4 is 0 Å². The Bertz CT molecular complexity index is 3020. The number of aryl methyl sites for hydroxylation is 1. The lowest BCUT2D eigenvalue weighted by atomic mass is 9.77. The van der Waals surface area contributed by atoms with Gasteiger partial charge < -0.3 is 59.8 Å². The minimum atomic E-state index is -2.66. The van der Waals surface area contributed by atoms with E-state index in [0.717, 1.165) is 54.4 Å². The van der Waals surface area contributed by atoms with E-state index >= 15 is 4.79 Å².